The number of carbonyl (C=O) groups excluding carboxylic acids is 1. The van der Waals surface area contributed by atoms with Crippen LogP contribution >= 0.6 is 0 Å². The van der Waals surface area contributed by atoms with Crippen LogP contribution in [0.4, 0.5) is 4.79 Å². The van der Waals surface area contributed by atoms with E-state index < -0.39 is 10.1 Å². The summed E-state index contributed by atoms with van der Waals surface area (Å²) in [6, 6.07) is 18.8. The van der Waals surface area contributed by atoms with Gasteiger partial charge in [-0.05, 0) is 55.0 Å². The number of hydrogen-bond acceptors (Lipinski definition) is 5. The minimum absolute atomic E-state index is 0.0496. The fourth-order valence-corrected chi connectivity index (χ4v) is 5.00. The Bertz CT molecular complexity index is 1030. The van der Waals surface area contributed by atoms with Gasteiger partial charge in [-0.2, -0.15) is 8.42 Å². The molecule has 0 radical (unpaired) electrons. The van der Waals surface area contributed by atoms with E-state index in [9.17, 15) is 13.2 Å². The number of piperidine rings is 3. The Labute approximate surface area is 189 Å². The van der Waals surface area contributed by atoms with E-state index in [-0.39, 0.29) is 18.2 Å². The smallest absolute Gasteiger partial charge is 0.410 e. The van der Waals surface area contributed by atoms with Crippen molar-refractivity contribution in [3.05, 3.63) is 71.3 Å². The maximum atomic E-state index is 13.2. The molecule has 0 spiro atoms. The van der Waals surface area contributed by atoms with Gasteiger partial charge in [0.2, 0.25) is 0 Å². The van der Waals surface area contributed by atoms with Crippen molar-refractivity contribution in [3.63, 3.8) is 0 Å². The van der Waals surface area contributed by atoms with Gasteiger partial charge in [-0.15, -0.1) is 0 Å². The Morgan fingerprint density at radius 1 is 1.00 bits per heavy atom. The average molecular weight is 459 g/mol. The lowest BCUT2D eigenvalue weighted by Gasteiger charge is -2.45. The van der Waals surface area contributed by atoms with Gasteiger partial charge in [0.15, 0.2) is 0 Å². The summed E-state index contributed by atoms with van der Waals surface area (Å²) in [5.41, 5.74) is 3.70. The van der Waals surface area contributed by atoms with Crippen LogP contribution in [0.2, 0.25) is 0 Å². The second-order valence-corrected chi connectivity index (χ2v) is 10.2. The largest absolute Gasteiger partial charge is 0.444 e. The maximum Gasteiger partial charge on any atom is 0.410 e. The Kier molecular flexibility index (Phi) is 6.83. The molecule has 4 aliphatic rings. The molecule has 1 N–H and O–H groups in total. The average Bonchev–Trinajstić information content (AvgIpc) is 2.78. The first kappa shape index (κ1) is 22.8. The van der Waals surface area contributed by atoms with Crippen LogP contribution in [0.25, 0.3) is 0 Å². The zero-order chi connectivity index (χ0) is 22.7. The topological polar surface area (TPSA) is 87.1 Å². The fraction of sp³-hybridized carbons (Fsp3) is 0.458. The number of fused-ring (bicyclic) bond motifs is 4. The minimum Gasteiger partial charge on any atom is -0.444 e. The summed E-state index contributed by atoms with van der Waals surface area (Å²) in [5.74, 6) is 0.534. The number of ether oxygens (including phenoxy) is 1. The minimum atomic E-state index is -3.67. The highest BCUT2D eigenvalue weighted by Crippen LogP contribution is 2.36. The van der Waals surface area contributed by atoms with Gasteiger partial charge in [0.1, 0.15) is 6.10 Å². The first-order valence-corrected chi connectivity index (χ1v) is 12.9. The van der Waals surface area contributed by atoms with E-state index in [1.807, 2.05) is 23.1 Å². The van der Waals surface area contributed by atoms with Crippen molar-refractivity contribution in [3.8, 4) is 0 Å². The van der Waals surface area contributed by atoms with Crippen molar-refractivity contribution in [2.24, 2.45) is 5.92 Å². The summed E-state index contributed by atoms with van der Waals surface area (Å²) in [7, 11) is -3.67. The third-order valence-electron chi connectivity index (χ3n) is 6.48. The Morgan fingerprint density at radius 3 is 2.25 bits per heavy atom. The predicted molar refractivity (Wildman–Crippen MR) is 122 cm³/mol. The second kappa shape index (κ2) is 9.60. The summed E-state index contributed by atoms with van der Waals surface area (Å²) >= 11 is 0. The molecule has 2 atom stereocenters. The summed E-state index contributed by atoms with van der Waals surface area (Å²) in [6.45, 7) is 3.91. The van der Waals surface area contributed by atoms with Gasteiger partial charge < -0.3 is 4.74 Å². The lowest BCUT2D eigenvalue weighted by molar-refractivity contribution is -0.0462. The van der Waals surface area contributed by atoms with Crippen molar-refractivity contribution in [1.82, 2.24) is 9.80 Å². The van der Waals surface area contributed by atoms with Crippen LogP contribution in [-0.4, -0.2) is 67.4 Å². The van der Waals surface area contributed by atoms with E-state index in [4.69, 9.17) is 9.29 Å². The van der Waals surface area contributed by atoms with E-state index in [2.05, 4.69) is 41.3 Å². The van der Waals surface area contributed by atoms with Gasteiger partial charge >= 0.3 is 6.09 Å². The third-order valence-corrected chi connectivity index (χ3v) is 6.48. The van der Waals surface area contributed by atoms with E-state index in [0.29, 0.717) is 18.7 Å². The Hall–Kier alpha value is -2.42. The number of benzene rings is 2. The molecular formula is C24H30N2O5S. The van der Waals surface area contributed by atoms with Crippen LogP contribution in [0, 0.1) is 5.92 Å². The summed E-state index contributed by atoms with van der Waals surface area (Å²) in [4.78, 5) is 17.6. The quantitative estimate of drug-likeness (QED) is 0.695. The molecule has 4 aliphatic heterocycles. The molecule has 4 heterocycles. The zero-order valence-electron chi connectivity index (χ0n) is 18.3. The molecule has 32 heavy (non-hydrogen) atoms. The molecule has 0 unspecified atom stereocenters. The SMILES string of the molecule is CS(=O)(=O)O.O=C(O[C@H]1CN2CCC1CC2)N1CCc2ccccc2[C@H]1c1ccccc1. The van der Waals surface area contributed by atoms with E-state index in [1.54, 1.807) is 0 Å². The van der Waals surface area contributed by atoms with Gasteiger partial charge in [-0.25, -0.2) is 4.79 Å². The van der Waals surface area contributed by atoms with Gasteiger partial charge in [0.25, 0.3) is 10.1 Å². The number of rotatable bonds is 2. The molecule has 1 amide bonds. The van der Waals surface area contributed by atoms with Crippen LogP contribution in [0.15, 0.2) is 54.6 Å². The molecule has 6 rings (SSSR count). The Morgan fingerprint density at radius 2 is 1.62 bits per heavy atom. The number of hydrogen-bond donors (Lipinski definition) is 1. The van der Waals surface area contributed by atoms with Crippen molar-refractivity contribution in [2.45, 2.75) is 31.4 Å². The first-order valence-electron chi connectivity index (χ1n) is 11.0. The van der Waals surface area contributed by atoms with Crippen LogP contribution in [0.1, 0.15) is 35.6 Å². The van der Waals surface area contributed by atoms with Crippen molar-refractivity contribution < 1.29 is 22.5 Å². The summed E-state index contributed by atoms with van der Waals surface area (Å²) < 4.78 is 31.9. The van der Waals surface area contributed by atoms with Crippen LogP contribution < -0.4 is 0 Å². The molecule has 7 nitrogen and oxygen atoms in total. The van der Waals surface area contributed by atoms with E-state index in [1.165, 1.54) is 11.1 Å². The molecule has 2 aromatic carbocycles. The predicted octanol–water partition coefficient (Wildman–Crippen LogP) is 3.37. The van der Waals surface area contributed by atoms with E-state index >= 15 is 0 Å². The molecular weight excluding hydrogens is 428 g/mol. The van der Waals surface area contributed by atoms with Crippen LogP contribution in [0.3, 0.4) is 0 Å². The normalized spacial score (nSPS) is 26.5. The lowest BCUT2D eigenvalue weighted by Crippen LogP contribution is -2.53. The molecule has 0 aliphatic carbocycles. The van der Waals surface area contributed by atoms with Gasteiger partial charge in [-0.1, -0.05) is 54.6 Å². The molecule has 8 heteroatoms. The number of amides is 1. The third kappa shape index (κ3) is 5.49. The molecule has 2 bridgehead atoms. The summed E-state index contributed by atoms with van der Waals surface area (Å²) in [5, 5.41) is 0. The molecule has 0 aromatic heterocycles. The van der Waals surface area contributed by atoms with E-state index in [0.717, 1.165) is 44.5 Å². The zero-order valence-corrected chi connectivity index (χ0v) is 19.1. The highest BCUT2D eigenvalue weighted by atomic mass is 32.2. The number of nitrogens with zero attached hydrogens (tertiary/aromatic N) is 2. The molecule has 2 aromatic rings. The molecule has 0 saturated carbocycles. The van der Waals surface area contributed by atoms with Crippen LogP contribution in [0.5, 0.6) is 0 Å². The van der Waals surface area contributed by atoms with Gasteiger partial charge in [0, 0.05) is 13.1 Å². The van der Waals surface area contributed by atoms with Crippen molar-refractivity contribution in [2.75, 3.05) is 32.4 Å². The Balaban J connectivity index is 0.000000444. The first-order chi connectivity index (χ1) is 15.3. The lowest BCUT2D eigenvalue weighted by atomic mass is 9.86. The fourth-order valence-electron chi connectivity index (χ4n) is 5.00. The highest BCUT2D eigenvalue weighted by Gasteiger charge is 2.39. The van der Waals surface area contributed by atoms with Gasteiger partial charge in [0.05, 0.1) is 12.3 Å². The van der Waals surface area contributed by atoms with Crippen molar-refractivity contribution >= 4 is 16.2 Å². The summed E-state index contributed by atoms with van der Waals surface area (Å²) in [6.07, 6.45) is 3.80. The molecule has 3 fully saturated rings. The monoisotopic (exact) mass is 458 g/mol. The van der Waals surface area contributed by atoms with Gasteiger partial charge in [-0.3, -0.25) is 14.4 Å². The maximum absolute atomic E-state index is 13.2. The molecule has 172 valence electrons. The van der Waals surface area contributed by atoms with Crippen LogP contribution in [-0.2, 0) is 21.3 Å². The number of carbonyl (C=O) groups is 1. The molecule has 3 saturated heterocycles. The van der Waals surface area contributed by atoms with Crippen molar-refractivity contribution in [1.29, 1.82) is 0 Å². The second-order valence-electron chi connectivity index (χ2n) is 8.75. The highest BCUT2D eigenvalue weighted by molar-refractivity contribution is 7.85. The standard InChI is InChI=1S/C23H26N2O2.CH4O3S/c26-23(27-21-16-24-13-10-18(21)11-14-24)25-15-12-17-6-4-5-9-20(17)22(25)19-7-2-1-3-8-19;1-5(2,3)4/h1-9,18,21-22H,10-16H2;1H3,(H,2,3,4)/t21-,22+;/m0./s1.